The van der Waals surface area contributed by atoms with Crippen LogP contribution in [0.25, 0.3) is 0 Å². The SMILES string of the molecule is CCC(CCC1(C)OCCO1)CC(=S(=O)=O)C(O)(c1ccc(OC)cc1)C(N)(Cc1ccccc1)NC(=O)OC(C)(C)C. The van der Waals surface area contributed by atoms with Gasteiger partial charge in [-0.25, -0.2) is 4.79 Å². The molecule has 3 atom stereocenters. The standard InChI is InChI=1S/C32H46N2O8S/c1-7-23(17-18-30(5)40-19-20-41-30)21-27(43(37)38)32(36,25-13-15-26(39-6)16-14-25)31(33,22-24-11-9-8-10-12-24)34-28(35)42-29(2,3)4/h8-16,23,36H,7,17-22,33H2,1-6H3,(H,34,35). The van der Waals surface area contributed by atoms with E-state index in [0.717, 1.165) is 0 Å². The highest BCUT2D eigenvalue weighted by molar-refractivity contribution is 7.73. The van der Waals surface area contributed by atoms with Crippen molar-refractivity contribution >= 4 is 21.3 Å². The first-order valence-corrected chi connectivity index (χ1v) is 15.7. The summed E-state index contributed by atoms with van der Waals surface area (Å²) >= 11 is 0. The zero-order chi connectivity index (χ0) is 31.9. The Balaban J connectivity index is 2.17. The molecule has 0 aliphatic carbocycles. The Morgan fingerprint density at radius 1 is 1.09 bits per heavy atom. The predicted octanol–water partition coefficient (Wildman–Crippen LogP) is 4.32. The second-order valence-corrected chi connectivity index (χ2v) is 13.2. The van der Waals surface area contributed by atoms with E-state index in [2.05, 4.69) is 5.32 Å². The number of alkyl carbamates (subject to hydrolysis) is 1. The van der Waals surface area contributed by atoms with Crippen LogP contribution >= 0.6 is 0 Å². The number of carbonyl (C=O) groups excluding carboxylic acids is 1. The van der Waals surface area contributed by atoms with Gasteiger partial charge in [0.05, 0.1) is 25.2 Å². The molecule has 3 rings (SSSR count). The number of rotatable bonds is 13. The smallest absolute Gasteiger partial charge is 0.409 e. The molecule has 1 saturated heterocycles. The van der Waals surface area contributed by atoms with E-state index < -0.39 is 39.0 Å². The van der Waals surface area contributed by atoms with Crippen LogP contribution in [0.3, 0.4) is 0 Å². The van der Waals surface area contributed by atoms with E-state index in [9.17, 15) is 18.3 Å². The van der Waals surface area contributed by atoms with E-state index in [1.54, 1.807) is 69.3 Å². The highest BCUT2D eigenvalue weighted by Crippen LogP contribution is 2.39. The van der Waals surface area contributed by atoms with Crippen LogP contribution in [0.1, 0.15) is 71.4 Å². The summed E-state index contributed by atoms with van der Waals surface area (Å²) < 4.78 is 48.7. The van der Waals surface area contributed by atoms with Crippen LogP contribution < -0.4 is 15.8 Å². The Morgan fingerprint density at radius 2 is 1.70 bits per heavy atom. The van der Waals surface area contributed by atoms with Gasteiger partial charge in [0.25, 0.3) is 0 Å². The lowest BCUT2D eigenvalue weighted by atomic mass is 9.73. The van der Waals surface area contributed by atoms with Crippen molar-refractivity contribution in [3.05, 3.63) is 65.7 Å². The number of methoxy groups -OCH3 is 1. The van der Waals surface area contributed by atoms with Gasteiger partial charge < -0.3 is 29.8 Å². The van der Waals surface area contributed by atoms with E-state index >= 15 is 0 Å². The second kappa shape index (κ2) is 14.2. The fourth-order valence-electron chi connectivity index (χ4n) is 5.38. The highest BCUT2D eigenvalue weighted by Gasteiger charge is 2.55. The number of nitrogens with one attached hydrogen (secondary N) is 1. The molecule has 0 bridgehead atoms. The lowest BCUT2D eigenvalue weighted by molar-refractivity contribution is -0.149. The molecule has 1 heterocycles. The molecular formula is C32H46N2O8S. The molecule has 2 aromatic carbocycles. The lowest BCUT2D eigenvalue weighted by Crippen LogP contribution is -2.73. The van der Waals surface area contributed by atoms with E-state index in [1.807, 2.05) is 19.9 Å². The Hall–Kier alpha value is -2.96. The van der Waals surface area contributed by atoms with Crippen molar-refractivity contribution in [1.29, 1.82) is 0 Å². The maximum Gasteiger partial charge on any atom is 0.409 e. The molecule has 0 aromatic heterocycles. The molecule has 11 heteroatoms. The molecule has 0 saturated carbocycles. The normalized spacial score (nSPS) is 18.1. The third kappa shape index (κ3) is 8.79. The number of amides is 1. The van der Waals surface area contributed by atoms with E-state index in [0.29, 0.717) is 43.8 Å². The van der Waals surface area contributed by atoms with Gasteiger partial charge in [-0.05, 0) is 69.7 Å². The van der Waals surface area contributed by atoms with Crippen molar-refractivity contribution in [2.75, 3.05) is 20.3 Å². The van der Waals surface area contributed by atoms with Gasteiger partial charge in [0.15, 0.2) is 11.4 Å². The van der Waals surface area contributed by atoms with Crippen molar-refractivity contribution in [2.45, 2.75) is 89.4 Å². The Morgan fingerprint density at radius 3 is 2.21 bits per heavy atom. The minimum atomic E-state index is -2.91. The molecule has 1 aliphatic heterocycles. The van der Waals surface area contributed by atoms with Gasteiger partial charge in [-0.1, -0.05) is 55.8 Å². The Kier molecular flexibility index (Phi) is 11.4. The molecule has 1 aliphatic rings. The molecule has 2 aromatic rings. The quantitative estimate of drug-likeness (QED) is 0.221. The molecule has 1 amide bonds. The maximum atomic E-state index is 13.3. The minimum Gasteiger partial charge on any atom is -0.497 e. The number of nitrogens with two attached hydrogens (primary N) is 1. The van der Waals surface area contributed by atoms with E-state index in [4.69, 9.17) is 24.7 Å². The zero-order valence-electron chi connectivity index (χ0n) is 26.0. The van der Waals surface area contributed by atoms with Crippen LogP contribution in [-0.2, 0) is 36.5 Å². The number of aliphatic hydroxyl groups is 1. The fraction of sp³-hybridized carbons (Fsp3) is 0.562. The summed E-state index contributed by atoms with van der Waals surface area (Å²) in [6, 6.07) is 15.3. The number of hydrogen-bond donors (Lipinski definition) is 3. The van der Waals surface area contributed by atoms with Crippen LogP contribution in [0.4, 0.5) is 4.79 Å². The van der Waals surface area contributed by atoms with Gasteiger partial charge in [0.1, 0.15) is 17.0 Å². The van der Waals surface area contributed by atoms with E-state index in [-0.39, 0.29) is 29.2 Å². The Bertz CT molecular complexity index is 1340. The summed E-state index contributed by atoms with van der Waals surface area (Å²) in [5.41, 5.74) is 2.56. The average molecular weight is 619 g/mol. The number of carbonyl (C=O) groups is 1. The average Bonchev–Trinajstić information content (AvgIpc) is 3.38. The van der Waals surface area contributed by atoms with Gasteiger partial charge >= 0.3 is 6.09 Å². The topological polar surface area (TPSA) is 146 Å². The molecule has 238 valence electrons. The Labute approximate surface area is 256 Å². The van der Waals surface area contributed by atoms with Crippen LogP contribution in [0.15, 0.2) is 54.6 Å². The molecule has 10 nitrogen and oxygen atoms in total. The van der Waals surface area contributed by atoms with E-state index in [1.165, 1.54) is 7.11 Å². The fourth-order valence-corrected chi connectivity index (χ4v) is 6.30. The molecular weight excluding hydrogens is 572 g/mol. The summed E-state index contributed by atoms with van der Waals surface area (Å²) in [5, 5.41) is 15.5. The minimum absolute atomic E-state index is 0.0189. The molecule has 0 radical (unpaired) electrons. The van der Waals surface area contributed by atoms with Crippen molar-refractivity contribution in [2.24, 2.45) is 11.7 Å². The van der Waals surface area contributed by atoms with Gasteiger partial charge in [0, 0.05) is 12.8 Å². The molecule has 4 N–H and O–H groups in total. The molecule has 3 unspecified atom stereocenters. The van der Waals surface area contributed by atoms with Gasteiger partial charge in [-0.2, -0.15) is 8.42 Å². The summed E-state index contributed by atoms with van der Waals surface area (Å²) in [7, 11) is -1.40. The number of benzene rings is 2. The van der Waals surface area contributed by atoms with Crippen LogP contribution in [-0.4, -0.2) is 61.9 Å². The monoisotopic (exact) mass is 618 g/mol. The highest BCUT2D eigenvalue weighted by atomic mass is 32.2. The van der Waals surface area contributed by atoms with Crippen molar-refractivity contribution < 1.29 is 37.3 Å². The van der Waals surface area contributed by atoms with Crippen molar-refractivity contribution in [3.63, 3.8) is 0 Å². The largest absolute Gasteiger partial charge is 0.497 e. The summed E-state index contributed by atoms with van der Waals surface area (Å²) in [6.45, 7) is 9.92. The summed E-state index contributed by atoms with van der Waals surface area (Å²) in [4.78, 5) is 13.0. The summed E-state index contributed by atoms with van der Waals surface area (Å²) in [5.74, 6) is -0.428. The summed E-state index contributed by atoms with van der Waals surface area (Å²) in [6.07, 6.45) is 0.693. The van der Waals surface area contributed by atoms with Gasteiger partial charge in [-0.3, -0.25) is 5.32 Å². The number of hydrogen-bond acceptors (Lipinski definition) is 9. The molecule has 0 spiro atoms. The third-order valence-electron chi connectivity index (χ3n) is 7.76. The second-order valence-electron chi connectivity index (χ2n) is 12.2. The maximum absolute atomic E-state index is 13.3. The van der Waals surface area contributed by atoms with Gasteiger partial charge in [0.2, 0.25) is 10.3 Å². The van der Waals surface area contributed by atoms with Crippen LogP contribution in [0.5, 0.6) is 5.75 Å². The van der Waals surface area contributed by atoms with Crippen molar-refractivity contribution in [1.82, 2.24) is 5.32 Å². The van der Waals surface area contributed by atoms with Crippen LogP contribution in [0.2, 0.25) is 0 Å². The third-order valence-corrected chi connectivity index (χ3v) is 8.63. The lowest BCUT2D eigenvalue weighted by Gasteiger charge is -2.46. The first-order chi connectivity index (χ1) is 20.1. The first-order valence-electron chi connectivity index (χ1n) is 14.6. The predicted molar refractivity (Wildman–Crippen MR) is 165 cm³/mol. The number of ether oxygens (including phenoxy) is 4. The molecule has 1 fully saturated rings. The van der Waals surface area contributed by atoms with Crippen LogP contribution in [0, 0.1) is 5.92 Å². The molecule has 43 heavy (non-hydrogen) atoms. The van der Waals surface area contributed by atoms with Gasteiger partial charge in [-0.15, -0.1) is 0 Å². The zero-order valence-corrected chi connectivity index (χ0v) is 26.8. The first kappa shape index (κ1) is 34.5. The van der Waals surface area contributed by atoms with Crippen molar-refractivity contribution in [3.8, 4) is 5.75 Å².